The molecular formula is C14H24N2O. The van der Waals surface area contributed by atoms with Crippen molar-refractivity contribution in [2.24, 2.45) is 0 Å². The molecule has 1 aromatic heterocycles. The summed E-state index contributed by atoms with van der Waals surface area (Å²) >= 11 is 0. The van der Waals surface area contributed by atoms with Crippen molar-refractivity contribution in [2.75, 3.05) is 13.2 Å². The zero-order valence-corrected chi connectivity index (χ0v) is 11.2. The van der Waals surface area contributed by atoms with Crippen molar-refractivity contribution in [3.05, 3.63) is 29.6 Å². The number of hydrogen-bond donors (Lipinski definition) is 1. The van der Waals surface area contributed by atoms with Crippen molar-refractivity contribution in [3.63, 3.8) is 0 Å². The molecular weight excluding hydrogens is 212 g/mol. The molecule has 0 aliphatic carbocycles. The number of aliphatic hydroxyl groups is 1. The van der Waals surface area contributed by atoms with Gasteiger partial charge in [-0.05, 0) is 31.4 Å². The predicted molar refractivity (Wildman–Crippen MR) is 70.8 cm³/mol. The lowest BCUT2D eigenvalue weighted by atomic mass is 10.1. The van der Waals surface area contributed by atoms with Gasteiger partial charge in [0, 0.05) is 25.3 Å². The molecule has 17 heavy (non-hydrogen) atoms. The fourth-order valence-electron chi connectivity index (χ4n) is 2.20. The topological polar surface area (TPSA) is 36.4 Å². The molecule has 1 rings (SSSR count). The van der Waals surface area contributed by atoms with E-state index >= 15 is 0 Å². The SMILES string of the molecule is CCC(CC)N(CCO)Cc1ncccc1C. The standard InChI is InChI=1S/C14H24N2O/c1-4-13(5-2)16(9-10-17)11-14-12(3)7-6-8-15-14/h6-8,13,17H,4-5,9-11H2,1-3H3. The Morgan fingerprint density at radius 2 is 2.06 bits per heavy atom. The van der Waals surface area contributed by atoms with E-state index < -0.39 is 0 Å². The van der Waals surface area contributed by atoms with Gasteiger partial charge in [0.1, 0.15) is 0 Å². The van der Waals surface area contributed by atoms with Gasteiger partial charge in [-0.3, -0.25) is 9.88 Å². The lowest BCUT2D eigenvalue weighted by molar-refractivity contribution is 0.135. The first-order valence-electron chi connectivity index (χ1n) is 6.48. The number of nitrogens with zero attached hydrogens (tertiary/aromatic N) is 2. The third-order valence-electron chi connectivity index (χ3n) is 3.32. The van der Waals surface area contributed by atoms with Crippen LogP contribution in [0.3, 0.4) is 0 Å². The van der Waals surface area contributed by atoms with Crippen molar-refractivity contribution in [2.45, 2.75) is 46.2 Å². The molecule has 0 bridgehead atoms. The van der Waals surface area contributed by atoms with Crippen LogP contribution >= 0.6 is 0 Å². The Kier molecular flexibility index (Phi) is 6.16. The molecule has 0 saturated heterocycles. The second kappa shape index (κ2) is 7.41. The highest BCUT2D eigenvalue weighted by molar-refractivity contribution is 5.17. The first kappa shape index (κ1) is 14.1. The molecule has 0 aliphatic heterocycles. The smallest absolute Gasteiger partial charge is 0.0573 e. The van der Waals surface area contributed by atoms with Crippen LogP contribution in [0.1, 0.15) is 37.9 Å². The van der Waals surface area contributed by atoms with Crippen molar-refractivity contribution >= 4 is 0 Å². The Hall–Kier alpha value is -0.930. The summed E-state index contributed by atoms with van der Waals surface area (Å²) in [6.07, 6.45) is 4.07. The molecule has 3 heteroatoms. The lowest BCUT2D eigenvalue weighted by Gasteiger charge is -2.29. The molecule has 3 nitrogen and oxygen atoms in total. The Labute approximate surface area is 104 Å². The molecule has 96 valence electrons. The fourth-order valence-corrected chi connectivity index (χ4v) is 2.20. The number of aliphatic hydroxyl groups excluding tert-OH is 1. The van der Waals surface area contributed by atoms with Gasteiger partial charge in [-0.1, -0.05) is 19.9 Å². The van der Waals surface area contributed by atoms with Crippen LogP contribution in [0.4, 0.5) is 0 Å². The molecule has 1 heterocycles. The zero-order valence-electron chi connectivity index (χ0n) is 11.2. The van der Waals surface area contributed by atoms with E-state index in [1.807, 2.05) is 12.3 Å². The van der Waals surface area contributed by atoms with Crippen LogP contribution in [0.25, 0.3) is 0 Å². The highest BCUT2D eigenvalue weighted by Crippen LogP contribution is 2.14. The monoisotopic (exact) mass is 236 g/mol. The van der Waals surface area contributed by atoms with Crippen LogP contribution in [0.2, 0.25) is 0 Å². The average Bonchev–Trinajstić information content (AvgIpc) is 2.34. The maximum Gasteiger partial charge on any atom is 0.0573 e. The number of hydrogen-bond acceptors (Lipinski definition) is 3. The van der Waals surface area contributed by atoms with Gasteiger partial charge in [0.2, 0.25) is 0 Å². The van der Waals surface area contributed by atoms with Crippen molar-refractivity contribution in [3.8, 4) is 0 Å². The molecule has 0 atom stereocenters. The van der Waals surface area contributed by atoms with E-state index in [2.05, 4.69) is 36.7 Å². The fraction of sp³-hybridized carbons (Fsp3) is 0.643. The third kappa shape index (κ3) is 4.10. The van der Waals surface area contributed by atoms with Gasteiger partial charge < -0.3 is 5.11 Å². The average molecular weight is 236 g/mol. The Balaban J connectivity index is 2.75. The third-order valence-corrected chi connectivity index (χ3v) is 3.32. The maximum absolute atomic E-state index is 9.16. The molecule has 0 unspecified atom stereocenters. The largest absolute Gasteiger partial charge is 0.395 e. The van der Waals surface area contributed by atoms with Crippen molar-refractivity contribution in [1.29, 1.82) is 0 Å². The molecule has 0 amide bonds. The van der Waals surface area contributed by atoms with Crippen molar-refractivity contribution < 1.29 is 5.11 Å². The zero-order chi connectivity index (χ0) is 12.7. The Bertz CT molecular complexity index is 324. The van der Waals surface area contributed by atoms with Gasteiger partial charge in [0.05, 0.1) is 12.3 Å². The van der Waals surface area contributed by atoms with Crippen LogP contribution in [-0.2, 0) is 6.54 Å². The molecule has 0 aliphatic rings. The number of pyridine rings is 1. The second-order valence-corrected chi connectivity index (χ2v) is 4.43. The summed E-state index contributed by atoms with van der Waals surface area (Å²) in [6, 6.07) is 4.59. The predicted octanol–water partition coefficient (Wildman–Crippen LogP) is 2.37. The normalized spacial score (nSPS) is 11.4. The summed E-state index contributed by atoms with van der Waals surface area (Å²) in [4.78, 5) is 6.76. The minimum atomic E-state index is 0.211. The van der Waals surface area contributed by atoms with E-state index in [-0.39, 0.29) is 6.61 Å². The van der Waals surface area contributed by atoms with Gasteiger partial charge in [0.15, 0.2) is 0 Å². The van der Waals surface area contributed by atoms with Crippen LogP contribution in [-0.4, -0.2) is 34.2 Å². The van der Waals surface area contributed by atoms with E-state index in [0.717, 1.165) is 31.6 Å². The summed E-state index contributed by atoms with van der Waals surface area (Å²) in [7, 11) is 0. The van der Waals surface area contributed by atoms with Crippen LogP contribution in [0, 0.1) is 6.92 Å². The van der Waals surface area contributed by atoms with E-state index in [0.29, 0.717) is 6.04 Å². The van der Waals surface area contributed by atoms with Gasteiger partial charge >= 0.3 is 0 Å². The highest BCUT2D eigenvalue weighted by atomic mass is 16.3. The van der Waals surface area contributed by atoms with Crippen LogP contribution < -0.4 is 0 Å². The summed E-state index contributed by atoms with van der Waals surface area (Å²) in [5.74, 6) is 0. The number of aromatic nitrogens is 1. The number of aryl methyl sites for hydroxylation is 1. The van der Waals surface area contributed by atoms with Gasteiger partial charge in [-0.25, -0.2) is 0 Å². The maximum atomic E-state index is 9.16. The molecule has 0 radical (unpaired) electrons. The van der Waals surface area contributed by atoms with Gasteiger partial charge in [-0.2, -0.15) is 0 Å². The highest BCUT2D eigenvalue weighted by Gasteiger charge is 2.16. The quantitative estimate of drug-likeness (QED) is 0.789. The summed E-state index contributed by atoms with van der Waals surface area (Å²) in [5, 5.41) is 9.16. The number of rotatable bonds is 7. The minimum absolute atomic E-state index is 0.211. The molecule has 0 spiro atoms. The second-order valence-electron chi connectivity index (χ2n) is 4.43. The van der Waals surface area contributed by atoms with E-state index in [1.54, 1.807) is 0 Å². The van der Waals surface area contributed by atoms with E-state index in [4.69, 9.17) is 5.11 Å². The first-order chi connectivity index (χ1) is 8.22. The minimum Gasteiger partial charge on any atom is -0.395 e. The molecule has 0 aromatic carbocycles. The van der Waals surface area contributed by atoms with E-state index in [9.17, 15) is 0 Å². The lowest BCUT2D eigenvalue weighted by Crippen LogP contribution is -2.36. The molecule has 0 saturated carbocycles. The summed E-state index contributed by atoms with van der Waals surface area (Å²) in [6.45, 7) is 8.25. The van der Waals surface area contributed by atoms with Crippen LogP contribution in [0.15, 0.2) is 18.3 Å². The molecule has 0 fully saturated rings. The van der Waals surface area contributed by atoms with E-state index in [1.165, 1.54) is 5.56 Å². The molecule has 1 N–H and O–H groups in total. The molecule has 1 aromatic rings. The Morgan fingerprint density at radius 3 is 2.59 bits per heavy atom. The van der Waals surface area contributed by atoms with Gasteiger partial charge in [-0.15, -0.1) is 0 Å². The summed E-state index contributed by atoms with van der Waals surface area (Å²) < 4.78 is 0. The summed E-state index contributed by atoms with van der Waals surface area (Å²) in [5.41, 5.74) is 2.34. The first-order valence-corrected chi connectivity index (χ1v) is 6.48. The van der Waals surface area contributed by atoms with Crippen molar-refractivity contribution in [1.82, 2.24) is 9.88 Å². The Morgan fingerprint density at radius 1 is 1.35 bits per heavy atom. The van der Waals surface area contributed by atoms with Crippen LogP contribution in [0.5, 0.6) is 0 Å². The van der Waals surface area contributed by atoms with Gasteiger partial charge in [0.25, 0.3) is 0 Å².